The van der Waals surface area contributed by atoms with Crippen LogP contribution in [0.15, 0.2) is 71.6 Å². The third-order valence-corrected chi connectivity index (χ3v) is 8.57. The number of benzene rings is 3. The molecule has 0 aromatic heterocycles. The van der Waals surface area contributed by atoms with Gasteiger partial charge < -0.3 is 10.2 Å². The van der Waals surface area contributed by atoms with Gasteiger partial charge in [0.05, 0.1) is 10.6 Å². The number of hydrogen-bond donors (Lipinski definition) is 1. The van der Waals surface area contributed by atoms with Gasteiger partial charge in [-0.15, -0.1) is 0 Å². The zero-order chi connectivity index (χ0) is 28.7. The van der Waals surface area contributed by atoms with Gasteiger partial charge in [0.2, 0.25) is 11.8 Å². The van der Waals surface area contributed by atoms with Crippen molar-refractivity contribution in [3.05, 3.63) is 94.0 Å². The molecule has 208 valence electrons. The van der Waals surface area contributed by atoms with Crippen molar-refractivity contribution >= 4 is 39.1 Å². The van der Waals surface area contributed by atoms with Crippen LogP contribution in [0.1, 0.15) is 42.5 Å². The third-order valence-electron chi connectivity index (χ3n) is 6.42. The third kappa shape index (κ3) is 7.40. The number of amides is 2. The molecular formula is C30H36ClN3O4S. The summed E-state index contributed by atoms with van der Waals surface area (Å²) in [6.45, 7) is 9.22. The molecular weight excluding hydrogens is 534 g/mol. The zero-order valence-electron chi connectivity index (χ0n) is 23.1. The van der Waals surface area contributed by atoms with Crippen LogP contribution in [0, 0.1) is 20.8 Å². The molecule has 1 atom stereocenters. The van der Waals surface area contributed by atoms with E-state index in [0.717, 1.165) is 21.0 Å². The number of nitrogens with zero attached hydrogens (tertiary/aromatic N) is 2. The monoisotopic (exact) mass is 569 g/mol. The molecule has 0 bridgehead atoms. The van der Waals surface area contributed by atoms with Crippen LogP contribution in [0.3, 0.4) is 0 Å². The van der Waals surface area contributed by atoms with E-state index >= 15 is 0 Å². The Labute approximate surface area is 236 Å². The Morgan fingerprint density at radius 3 is 2.08 bits per heavy atom. The molecule has 0 saturated heterocycles. The van der Waals surface area contributed by atoms with Crippen LogP contribution in [0.2, 0.25) is 5.02 Å². The van der Waals surface area contributed by atoms with Crippen LogP contribution in [0.5, 0.6) is 0 Å². The topological polar surface area (TPSA) is 86.8 Å². The molecule has 1 N–H and O–H groups in total. The molecule has 39 heavy (non-hydrogen) atoms. The molecule has 0 aliphatic rings. The number of carbonyl (C=O) groups is 2. The van der Waals surface area contributed by atoms with Gasteiger partial charge in [0.25, 0.3) is 10.0 Å². The lowest BCUT2D eigenvalue weighted by Gasteiger charge is -2.33. The predicted octanol–water partition coefficient (Wildman–Crippen LogP) is 5.40. The number of nitrogens with one attached hydrogen (secondary N) is 1. The summed E-state index contributed by atoms with van der Waals surface area (Å²) in [6, 6.07) is 18.2. The average molecular weight is 570 g/mol. The van der Waals surface area contributed by atoms with Crippen molar-refractivity contribution in [1.29, 1.82) is 0 Å². The Morgan fingerprint density at radius 1 is 0.897 bits per heavy atom. The van der Waals surface area contributed by atoms with Gasteiger partial charge in [-0.05, 0) is 81.1 Å². The lowest BCUT2D eigenvalue weighted by atomic mass is 10.1. The highest BCUT2D eigenvalue weighted by Gasteiger charge is 2.34. The molecule has 0 radical (unpaired) electrons. The van der Waals surface area contributed by atoms with Crippen LogP contribution in [-0.2, 0) is 26.2 Å². The first kappa shape index (κ1) is 30.2. The normalized spacial score (nSPS) is 12.1. The van der Waals surface area contributed by atoms with Gasteiger partial charge in [-0.2, -0.15) is 0 Å². The Balaban J connectivity index is 2.11. The molecule has 0 fully saturated rings. The molecule has 0 aliphatic heterocycles. The first-order chi connectivity index (χ1) is 18.5. The van der Waals surface area contributed by atoms with E-state index in [2.05, 4.69) is 5.32 Å². The SMILES string of the molecule is CCNC(=O)[C@H](CC)N(Cc1ccccc1Cl)C(=O)CN(c1cc(C)cc(C)c1)S(=O)(=O)c1ccc(C)cc1. The Bertz CT molecular complexity index is 1400. The number of aryl methyl sites for hydroxylation is 3. The van der Waals surface area contributed by atoms with E-state index in [4.69, 9.17) is 11.6 Å². The minimum Gasteiger partial charge on any atom is -0.355 e. The maximum atomic E-state index is 14.1. The summed E-state index contributed by atoms with van der Waals surface area (Å²) in [4.78, 5) is 28.6. The molecule has 3 rings (SSSR count). The van der Waals surface area contributed by atoms with Crippen LogP contribution < -0.4 is 9.62 Å². The molecule has 9 heteroatoms. The Kier molecular flexibility index (Phi) is 10.2. The Morgan fingerprint density at radius 2 is 1.51 bits per heavy atom. The van der Waals surface area contributed by atoms with Gasteiger partial charge in [-0.25, -0.2) is 8.42 Å². The standard InChI is InChI=1S/C30H36ClN3O4S/c1-6-28(30(36)32-7-2)33(19-24-10-8-9-11-27(24)31)29(35)20-34(25-17-22(4)16-23(5)18-25)39(37,38)26-14-12-21(3)13-15-26/h8-18,28H,6-7,19-20H2,1-5H3,(H,32,36)/t28-/m0/s1. The second kappa shape index (κ2) is 13.1. The van der Waals surface area contributed by atoms with E-state index in [9.17, 15) is 18.0 Å². The van der Waals surface area contributed by atoms with E-state index in [-0.39, 0.29) is 17.3 Å². The second-order valence-electron chi connectivity index (χ2n) is 9.60. The zero-order valence-corrected chi connectivity index (χ0v) is 24.6. The summed E-state index contributed by atoms with van der Waals surface area (Å²) in [7, 11) is -4.12. The fourth-order valence-corrected chi connectivity index (χ4v) is 6.08. The lowest BCUT2D eigenvalue weighted by molar-refractivity contribution is -0.140. The van der Waals surface area contributed by atoms with Crippen molar-refractivity contribution in [2.24, 2.45) is 0 Å². The highest BCUT2D eigenvalue weighted by molar-refractivity contribution is 7.92. The number of halogens is 1. The minimum absolute atomic E-state index is 0.0550. The number of anilines is 1. The van der Waals surface area contributed by atoms with Crippen molar-refractivity contribution in [3.8, 4) is 0 Å². The van der Waals surface area contributed by atoms with E-state index in [1.54, 1.807) is 55.5 Å². The van der Waals surface area contributed by atoms with E-state index in [0.29, 0.717) is 29.2 Å². The van der Waals surface area contributed by atoms with Gasteiger partial charge in [0.1, 0.15) is 12.6 Å². The summed E-state index contributed by atoms with van der Waals surface area (Å²) >= 11 is 6.42. The fraction of sp³-hybridized carbons (Fsp3) is 0.333. The number of sulfonamides is 1. The molecule has 3 aromatic carbocycles. The number of likely N-dealkylation sites (N-methyl/N-ethyl adjacent to an activating group) is 1. The summed E-state index contributed by atoms with van der Waals surface area (Å²) in [5.74, 6) is -0.817. The lowest BCUT2D eigenvalue weighted by Crippen LogP contribution is -2.52. The van der Waals surface area contributed by atoms with E-state index < -0.39 is 28.5 Å². The molecule has 0 saturated carbocycles. The minimum atomic E-state index is -4.12. The summed E-state index contributed by atoms with van der Waals surface area (Å²) in [5.41, 5.74) is 3.69. The number of rotatable bonds is 11. The van der Waals surface area contributed by atoms with Gasteiger partial charge in [0, 0.05) is 18.1 Å². The van der Waals surface area contributed by atoms with Crippen molar-refractivity contribution in [2.75, 3.05) is 17.4 Å². The summed E-state index contributed by atoms with van der Waals surface area (Å²) < 4.78 is 29.1. The highest BCUT2D eigenvalue weighted by Crippen LogP contribution is 2.27. The van der Waals surface area contributed by atoms with Crippen LogP contribution in [-0.4, -0.2) is 44.3 Å². The first-order valence-electron chi connectivity index (χ1n) is 13.0. The molecule has 0 heterocycles. The molecule has 0 aliphatic carbocycles. The van der Waals surface area contributed by atoms with E-state index in [1.165, 1.54) is 17.0 Å². The smallest absolute Gasteiger partial charge is 0.264 e. The summed E-state index contributed by atoms with van der Waals surface area (Å²) in [6.07, 6.45) is 0.344. The predicted molar refractivity (Wildman–Crippen MR) is 156 cm³/mol. The molecule has 3 aromatic rings. The van der Waals surface area contributed by atoms with Crippen molar-refractivity contribution < 1.29 is 18.0 Å². The molecule has 0 spiro atoms. The second-order valence-corrected chi connectivity index (χ2v) is 11.9. The quantitative estimate of drug-likeness (QED) is 0.335. The first-order valence-corrected chi connectivity index (χ1v) is 14.8. The highest BCUT2D eigenvalue weighted by atomic mass is 35.5. The molecule has 2 amide bonds. The molecule has 7 nitrogen and oxygen atoms in total. The van der Waals surface area contributed by atoms with Gasteiger partial charge in [-0.1, -0.05) is 60.5 Å². The number of hydrogen-bond acceptors (Lipinski definition) is 4. The van der Waals surface area contributed by atoms with Gasteiger partial charge in [0.15, 0.2) is 0 Å². The van der Waals surface area contributed by atoms with E-state index in [1.807, 2.05) is 33.8 Å². The van der Waals surface area contributed by atoms with Gasteiger partial charge >= 0.3 is 0 Å². The largest absolute Gasteiger partial charge is 0.355 e. The molecule has 0 unspecified atom stereocenters. The Hall–Kier alpha value is -3.36. The average Bonchev–Trinajstić information content (AvgIpc) is 2.87. The fourth-order valence-electron chi connectivity index (χ4n) is 4.48. The summed E-state index contributed by atoms with van der Waals surface area (Å²) in [5, 5.41) is 3.25. The van der Waals surface area contributed by atoms with Crippen molar-refractivity contribution in [1.82, 2.24) is 10.2 Å². The van der Waals surface area contributed by atoms with Crippen molar-refractivity contribution in [3.63, 3.8) is 0 Å². The van der Waals surface area contributed by atoms with Crippen LogP contribution in [0.4, 0.5) is 5.69 Å². The van der Waals surface area contributed by atoms with Crippen LogP contribution in [0.25, 0.3) is 0 Å². The van der Waals surface area contributed by atoms with Gasteiger partial charge in [-0.3, -0.25) is 13.9 Å². The van der Waals surface area contributed by atoms with Crippen molar-refractivity contribution in [2.45, 2.75) is 58.5 Å². The maximum Gasteiger partial charge on any atom is 0.264 e. The number of carbonyl (C=O) groups excluding carboxylic acids is 2. The maximum absolute atomic E-state index is 14.1. The van der Waals surface area contributed by atoms with Crippen LogP contribution >= 0.6 is 11.6 Å².